The smallest absolute Gasteiger partial charge is 0.124 e. The fourth-order valence-electron chi connectivity index (χ4n) is 3.83. The van der Waals surface area contributed by atoms with Crippen LogP contribution in [0.4, 0.5) is 0 Å². The number of nitrogens with one attached hydrogen (secondary N) is 1. The number of hydrogen-bond donors (Lipinski definition) is 1. The van der Waals surface area contributed by atoms with Crippen molar-refractivity contribution < 1.29 is 4.74 Å². The van der Waals surface area contributed by atoms with E-state index in [1.807, 2.05) is 0 Å². The van der Waals surface area contributed by atoms with Crippen LogP contribution in [0.25, 0.3) is 0 Å². The molecule has 2 unspecified atom stereocenters. The average molecular weight is 288 g/mol. The van der Waals surface area contributed by atoms with E-state index in [-0.39, 0.29) is 5.60 Å². The first-order chi connectivity index (χ1) is 10.1. The molecule has 0 amide bonds. The van der Waals surface area contributed by atoms with E-state index >= 15 is 0 Å². The SMILES string of the molecule is CCCN(C1CCNC1)C1CC(C)(C)Oc2ccccc21. The van der Waals surface area contributed by atoms with Crippen molar-refractivity contribution in [1.29, 1.82) is 0 Å². The van der Waals surface area contributed by atoms with Gasteiger partial charge in [0, 0.05) is 30.6 Å². The van der Waals surface area contributed by atoms with Crippen molar-refractivity contribution >= 4 is 0 Å². The van der Waals surface area contributed by atoms with Crippen molar-refractivity contribution in [3.8, 4) is 5.75 Å². The molecule has 3 heteroatoms. The Bertz CT molecular complexity index is 480. The lowest BCUT2D eigenvalue weighted by molar-refractivity contribution is 0.0170. The van der Waals surface area contributed by atoms with Crippen LogP contribution in [0, 0.1) is 0 Å². The minimum absolute atomic E-state index is 0.0863. The van der Waals surface area contributed by atoms with E-state index in [9.17, 15) is 0 Å². The first-order valence-corrected chi connectivity index (χ1v) is 8.35. The third kappa shape index (κ3) is 3.09. The van der Waals surface area contributed by atoms with Gasteiger partial charge in [-0.2, -0.15) is 0 Å². The molecule has 2 aliphatic heterocycles. The molecule has 0 bridgehead atoms. The van der Waals surface area contributed by atoms with Crippen LogP contribution in [-0.4, -0.2) is 36.2 Å². The Kier molecular flexibility index (Phi) is 4.23. The Balaban J connectivity index is 1.94. The van der Waals surface area contributed by atoms with Gasteiger partial charge in [0.15, 0.2) is 0 Å². The molecule has 1 fully saturated rings. The van der Waals surface area contributed by atoms with Crippen molar-refractivity contribution in [2.45, 2.75) is 57.7 Å². The van der Waals surface area contributed by atoms with E-state index < -0.39 is 0 Å². The van der Waals surface area contributed by atoms with Gasteiger partial charge in [-0.1, -0.05) is 25.1 Å². The summed E-state index contributed by atoms with van der Waals surface area (Å²) in [4.78, 5) is 2.73. The summed E-state index contributed by atoms with van der Waals surface area (Å²) in [5.74, 6) is 1.07. The van der Waals surface area contributed by atoms with Crippen LogP contribution in [0.1, 0.15) is 51.6 Å². The number of nitrogens with zero attached hydrogens (tertiary/aromatic N) is 1. The lowest BCUT2D eigenvalue weighted by atomic mass is 9.87. The fraction of sp³-hybridized carbons (Fsp3) is 0.667. The zero-order valence-corrected chi connectivity index (χ0v) is 13.6. The van der Waals surface area contributed by atoms with Crippen LogP contribution in [0.2, 0.25) is 0 Å². The molecule has 2 heterocycles. The van der Waals surface area contributed by atoms with Crippen LogP contribution >= 0.6 is 0 Å². The Labute approximate surface area is 128 Å². The Morgan fingerprint density at radius 1 is 1.33 bits per heavy atom. The summed E-state index contributed by atoms with van der Waals surface area (Å²) < 4.78 is 6.20. The summed E-state index contributed by atoms with van der Waals surface area (Å²) in [5.41, 5.74) is 1.29. The van der Waals surface area contributed by atoms with Gasteiger partial charge in [-0.15, -0.1) is 0 Å². The Morgan fingerprint density at radius 2 is 2.14 bits per heavy atom. The predicted molar refractivity (Wildman–Crippen MR) is 86.8 cm³/mol. The lowest BCUT2D eigenvalue weighted by Crippen LogP contribution is -2.46. The van der Waals surface area contributed by atoms with Crippen LogP contribution in [-0.2, 0) is 0 Å². The maximum atomic E-state index is 6.20. The summed E-state index contributed by atoms with van der Waals surface area (Å²) in [5, 5.41) is 3.52. The maximum absolute atomic E-state index is 6.20. The first kappa shape index (κ1) is 14.9. The van der Waals surface area contributed by atoms with Crippen molar-refractivity contribution in [2.75, 3.05) is 19.6 Å². The molecule has 21 heavy (non-hydrogen) atoms. The van der Waals surface area contributed by atoms with Gasteiger partial charge in [0.05, 0.1) is 0 Å². The van der Waals surface area contributed by atoms with Gasteiger partial charge >= 0.3 is 0 Å². The minimum Gasteiger partial charge on any atom is -0.487 e. The maximum Gasteiger partial charge on any atom is 0.124 e. The Hall–Kier alpha value is -1.06. The van der Waals surface area contributed by atoms with Crippen LogP contribution in [0.3, 0.4) is 0 Å². The van der Waals surface area contributed by atoms with Gasteiger partial charge in [0.2, 0.25) is 0 Å². The molecule has 116 valence electrons. The molecule has 0 radical (unpaired) electrons. The molecular weight excluding hydrogens is 260 g/mol. The molecule has 2 aliphatic rings. The molecule has 0 saturated carbocycles. The summed E-state index contributed by atoms with van der Waals surface area (Å²) >= 11 is 0. The molecule has 2 atom stereocenters. The third-order valence-electron chi connectivity index (χ3n) is 4.73. The quantitative estimate of drug-likeness (QED) is 0.919. The van der Waals surface area contributed by atoms with Crippen molar-refractivity contribution in [1.82, 2.24) is 10.2 Å². The zero-order chi connectivity index (χ0) is 14.9. The van der Waals surface area contributed by atoms with Gasteiger partial charge in [0.25, 0.3) is 0 Å². The minimum atomic E-state index is -0.0863. The van der Waals surface area contributed by atoms with E-state index in [0.29, 0.717) is 12.1 Å². The summed E-state index contributed by atoms with van der Waals surface area (Å²) in [6, 6.07) is 9.75. The summed E-state index contributed by atoms with van der Waals surface area (Å²) in [6.45, 7) is 10.2. The van der Waals surface area contributed by atoms with E-state index in [4.69, 9.17) is 4.74 Å². The average Bonchev–Trinajstić information content (AvgIpc) is 2.97. The second-order valence-corrected chi connectivity index (χ2v) is 7.00. The zero-order valence-electron chi connectivity index (χ0n) is 13.6. The summed E-state index contributed by atoms with van der Waals surface area (Å²) in [6.07, 6.45) is 3.54. The van der Waals surface area contributed by atoms with Gasteiger partial charge in [-0.25, -0.2) is 0 Å². The van der Waals surface area contributed by atoms with Crippen molar-refractivity contribution in [2.24, 2.45) is 0 Å². The molecule has 0 aliphatic carbocycles. The highest BCUT2D eigenvalue weighted by Gasteiger charge is 2.39. The number of hydrogen-bond acceptors (Lipinski definition) is 3. The van der Waals surface area contributed by atoms with E-state index in [1.54, 1.807) is 0 Å². The number of benzene rings is 1. The molecule has 1 N–H and O–H groups in total. The first-order valence-electron chi connectivity index (χ1n) is 8.35. The second-order valence-electron chi connectivity index (χ2n) is 7.00. The predicted octanol–water partition coefficient (Wildman–Crippen LogP) is 3.36. The molecule has 0 aromatic heterocycles. The topological polar surface area (TPSA) is 24.5 Å². The normalized spacial score (nSPS) is 27.4. The molecule has 1 aromatic rings. The van der Waals surface area contributed by atoms with E-state index in [1.165, 1.54) is 24.9 Å². The van der Waals surface area contributed by atoms with E-state index in [2.05, 4.69) is 55.3 Å². The van der Waals surface area contributed by atoms with Gasteiger partial charge in [-0.05, 0) is 45.8 Å². The second kappa shape index (κ2) is 5.98. The molecular formula is C18H28N2O. The highest BCUT2D eigenvalue weighted by atomic mass is 16.5. The molecule has 3 nitrogen and oxygen atoms in total. The van der Waals surface area contributed by atoms with Crippen LogP contribution in [0.15, 0.2) is 24.3 Å². The number of fused-ring (bicyclic) bond motifs is 1. The molecule has 0 spiro atoms. The molecule has 1 saturated heterocycles. The largest absolute Gasteiger partial charge is 0.487 e. The number of ether oxygens (including phenoxy) is 1. The van der Waals surface area contributed by atoms with Crippen molar-refractivity contribution in [3.63, 3.8) is 0 Å². The van der Waals surface area contributed by atoms with Gasteiger partial charge in [0.1, 0.15) is 11.4 Å². The molecule has 1 aromatic carbocycles. The van der Waals surface area contributed by atoms with Crippen molar-refractivity contribution in [3.05, 3.63) is 29.8 Å². The fourth-order valence-corrected chi connectivity index (χ4v) is 3.83. The highest BCUT2D eigenvalue weighted by Crippen LogP contribution is 2.43. The van der Waals surface area contributed by atoms with Crippen LogP contribution in [0.5, 0.6) is 5.75 Å². The highest BCUT2D eigenvalue weighted by molar-refractivity contribution is 5.39. The van der Waals surface area contributed by atoms with Gasteiger partial charge < -0.3 is 10.1 Å². The van der Waals surface area contributed by atoms with Gasteiger partial charge in [-0.3, -0.25) is 4.90 Å². The molecule has 3 rings (SSSR count). The standard InChI is InChI=1S/C18H28N2O/c1-4-11-20(14-9-10-19-13-14)16-12-18(2,3)21-17-8-6-5-7-15(16)17/h5-8,14,16,19H,4,9-13H2,1-3H3. The Morgan fingerprint density at radius 3 is 2.86 bits per heavy atom. The summed E-state index contributed by atoms with van der Waals surface area (Å²) in [7, 11) is 0. The van der Waals surface area contributed by atoms with Crippen LogP contribution < -0.4 is 10.1 Å². The number of para-hydroxylation sites is 1. The number of rotatable bonds is 4. The monoisotopic (exact) mass is 288 g/mol. The van der Waals surface area contributed by atoms with E-state index in [0.717, 1.165) is 25.3 Å². The lowest BCUT2D eigenvalue weighted by Gasteiger charge is -2.44. The third-order valence-corrected chi connectivity index (χ3v) is 4.73.